The number of imide groups is 1. The van der Waals surface area contributed by atoms with Crippen LogP contribution >= 0.6 is 24.6 Å². The zero-order chi connectivity index (χ0) is 41.4. The van der Waals surface area contributed by atoms with Crippen molar-refractivity contribution in [2.24, 2.45) is 0 Å². The summed E-state index contributed by atoms with van der Waals surface area (Å²) in [6.07, 6.45) is 0.359. The van der Waals surface area contributed by atoms with E-state index < -0.39 is 34.2 Å². The Bertz CT molecular complexity index is 1940. The number of amides is 4. The van der Waals surface area contributed by atoms with Gasteiger partial charge in [-0.25, -0.2) is 4.98 Å². The number of halogens is 4. The molecule has 0 unspecified atom stereocenters. The third-order valence-corrected chi connectivity index (χ3v) is 12.3. The van der Waals surface area contributed by atoms with Crippen molar-refractivity contribution in [2.75, 3.05) is 43.0 Å². The molecule has 3 saturated heterocycles. The van der Waals surface area contributed by atoms with Gasteiger partial charge in [0, 0.05) is 50.4 Å². The molecule has 2 N–H and O–H groups in total. The SMILES string of the molecule is C[C@@H]1CN(CCOC2CCC(N3C(=S)N(c4ccc(C#N)c(C(F)(F)F)c4)C(=O)C3(C)C)CC2)C[C@H](C)N1CC(=O)Nc1ccc([C@]2(C)CCC(=O)NC2=O)cn1.Cl. The number of pyridine rings is 1. The third-order valence-electron chi connectivity index (χ3n) is 12.0. The summed E-state index contributed by atoms with van der Waals surface area (Å²) in [7, 11) is 0. The van der Waals surface area contributed by atoms with E-state index in [1.54, 1.807) is 45.2 Å². The number of hydrogen-bond acceptors (Lipinski definition) is 10. The molecule has 4 aliphatic rings. The second-order valence-electron chi connectivity index (χ2n) is 16.3. The zero-order valence-corrected chi connectivity index (χ0v) is 34.9. The molecule has 3 aliphatic heterocycles. The Morgan fingerprint density at radius 1 is 1.07 bits per heavy atom. The molecule has 18 heteroatoms. The number of aromatic nitrogens is 1. The van der Waals surface area contributed by atoms with Gasteiger partial charge in [0.1, 0.15) is 11.4 Å². The third kappa shape index (κ3) is 9.16. The summed E-state index contributed by atoms with van der Waals surface area (Å²) in [4.78, 5) is 62.7. The van der Waals surface area contributed by atoms with Gasteiger partial charge in [-0.15, -0.1) is 12.4 Å². The molecule has 0 radical (unpaired) electrons. The van der Waals surface area contributed by atoms with Crippen LogP contribution in [0.25, 0.3) is 0 Å². The van der Waals surface area contributed by atoms with Gasteiger partial charge < -0.3 is 15.0 Å². The van der Waals surface area contributed by atoms with Gasteiger partial charge >= 0.3 is 6.18 Å². The number of benzene rings is 1. The predicted octanol–water partition coefficient (Wildman–Crippen LogP) is 5.16. The first-order valence-corrected chi connectivity index (χ1v) is 19.7. The monoisotopic (exact) mass is 846 g/mol. The Morgan fingerprint density at radius 3 is 2.33 bits per heavy atom. The van der Waals surface area contributed by atoms with E-state index >= 15 is 0 Å². The summed E-state index contributed by atoms with van der Waals surface area (Å²) < 4.78 is 47.5. The number of nitriles is 1. The predicted molar refractivity (Wildman–Crippen MR) is 216 cm³/mol. The van der Waals surface area contributed by atoms with Crippen LogP contribution < -0.4 is 15.5 Å². The summed E-state index contributed by atoms with van der Waals surface area (Å²) in [6.45, 7) is 12.4. The Morgan fingerprint density at radius 2 is 1.74 bits per heavy atom. The Kier molecular flexibility index (Phi) is 13.6. The maximum atomic E-state index is 13.7. The number of piperidine rings is 1. The van der Waals surface area contributed by atoms with Crippen molar-refractivity contribution in [3.05, 3.63) is 53.2 Å². The van der Waals surface area contributed by atoms with Crippen molar-refractivity contribution < 1.29 is 37.1 Å². The first kappa shape index (κ1) is 44.9. The number of carbonyl (C=O) groups is 4. The van der Waals surface area contributed by atoms with Crippen LogP contribution in [-0.4, -0.2) is 111 Å². The lowest BCUT2D eigenvalue weighted by molar-refractivity contribution is -0.138. The first-order chi connectivity index (χ1) is 26.8. The molecule has 4 fully saturated rings. The molecule has 0 bridgehead atoms. The molecule has 1 aromatic heterocycles. The van der Waals surface area contributed by atoms with Crippen LogP contribution in [0.2, 0.25) is 0 Å². The van der Waals surface area contributed by atoms with Crippen LogP contribution in [0.15, 0.2) is 36.5 Å². The number of nitrogens with zero attached hydrogens (tertiary/aromatic N) is 6. The van der Waals surface area contributed by atoms with E-state index in [2.05, 4.69) is 39.3 Å². The topological polar surface area (TPSA) is 151 Å². The molecular weight excluding hydrogens is 797 g/mol. The highest BCUT2D eigenvalue weighted by molar-refractivity contribution is 7.80. The largest absolute Gasteiger partial charge is 0.417 e. The zero-order valence-electron chi connectivity index (χ0n) is 33.2. The lowest BCUT2D eigenvalue weighted by Gasteiger charge is -2.44. The summed E-state index contributed by atoms with van der Waals surface area (Å²) in [5, 5.41) is 14.6. The molecule has 6 rings (SSSR count). The minimum atomic E-state index is -4.76. The number of thiocarbonyl (C=S) groups is 1. The maximum absolute atomic E-state index is 13.7. The average molecular weight is 847 g/mol. The Labute approximate surface area is 348 Å². The number of rotatable bonds is 10. The molecule has 0 spiro atoms. The standard InChI is InChI=1S/C40H49F3N8O5S.ClH/c1-24-21-48(22-25(2)49(24)23-34(53)46-32-13-7-27(20-45-32)39(5)15-14-33(52)47-35(39)54)16-17-56-30-11-9-28(10-12-30)51-37(57)50(36(55)38(51,3)4)29-8-6-26(19-44)31(18-29)40(41,42)43;/h6-8,13,18,20,24-25,28,30H,9-12,14-17,21-23H2,1-5H3,(H,45,46,53)(H,47,52,54);1H/t24-,25+,28?,30?,39-;/m0./s1. The van der Waals surface area contributed by atoms with Gasteiger partial charge in [-0.05, 0) is 109 Å². The van der Waals surface area contributed by atoms with Gasteiger partial charge in [0.05, 0.1) is 47.6 Å². The van der Waals surface area contributed by atoms with E-state index in [1.807, 2.05) is 4.90 Å². The maximum Gasteiger partial charge on any atom is 0.417 e. The van der Waals surface area contributed by atoms with E-state index in [1.165, 1.54) is 6.07 Å². The van der Waals surface area contributed by atoms with Gasteiger partial charge in [0.15, 0.2) is 5.11 Å². The molecule has 58 heavy (non-hydrogen) atoms. The highest BCUT2D eigenvalue weighted by Gasteiger charge is 2.53. The number of carbonyl (C=O) groups excluding carboxylic acids is 4. The number of ether oxygens (including phenoxy) is 1. The van der Waals surface area contributed by atoms with E-state index in [9.17, 15) is 37.6 Å². The molecule has 4 amide bonds. The van der Waals surface area contributed by atoms with Crippen molar-refractivity contribution in [3.63, 3.8) is 0 Å². The van der Waals surface area contributed by atoms with Crippen LogP contribution in [0.5, 0.6) is 0 Å². The van der Waals surface area contributed by atoms with Gasteiger partial charge in [0.2, 0.25) is 17.7 Å². The van der Waals surface area contributed by atoms with Gasteiger partial charge in [0.25, 0.3) is 5.91 Å². The number of anilines is 2. The second-order valence-corrected chi connectivity index (χ2v) is 16.7. The minimum Gasteiger partial charge on any atom is -0.377 e. The van der Waals surface area contributed by atoms with Crippen molar-refractivity contribution >= 4 is 64.9 Å². The fraction of sp³-hybridized carbons (Fsp3) is 0.575. The minimum absolute atomic E-state index is 0. The number of piperazine rings is 1. The molecular formula is C40H50ClF3N8O5S. The van der Waals surface area contributed by atoms with E-state index in [-0.39, 0.29) is 78.1 Å². The van der Waals surface area contributed by atoms with Crippen LogP contribution in [0.3, 0.4) is 0 Å². The summed E-state index contributed by atoms with van der Waals surface area (Å²) in [6, 6.07) is 8.35. The van der Waals surface area contributed by atoms with Crippen molar-refractivity contribution in [2.45, 2.75) is 115 Å². The Balaban J connectivity index is 0.00000641. The van der Waals surface area contributed by atoms with Crippen molar-refractivity contribution in [1.82, 2.24) is 25.0 Å². The smallest absolute Gasteiger partial charge is 0.377 e. The molecule has 1 aliphatic carbocycles. The molecule has 4 heterocycles. The molecule has 314 valence electrons. The number of alkyl halides is 3. The fourth-order valence-corrected chi connectivity index (χ4v) is 9.22. The summed E-state index contributed by atoms with van der Waals surface area (Å²) >= 11 is 5.73. The van der Waals surface area contributed by atoms with Gasteiger partial charge in [-0.3, -0.25) is 39.2 Å². The van der Waals surface area contributed by atoms with Crippen molar-refractivity contribution in [3.8, 4) is 6.07 Å². The molecule has 1 aromatic carbocycles. The van der Waals surface area contributed by atoms with E-state index in [0.717, 1.165) is 49.5 Å². The highest BCUT2D eigenvalue weighted by Crippen LogP contribution is 2.41. The quantitative estimate of drug-likeness (QED) is 0.241. The molecule has 1 saturated carbocycles. The fourth-order valence-electron chi connectivity index (χ4n) is 8.65. The van der Waals surface area contributed by atoms with Crippen LogP contribution in [0.4, 0.5) is 24.7 Å². The number of nitrogens with one attached hydrogen (secondary N) is 2. The van der Waals surface area contributed by atoms with Gasteiger partial charge in [-0.1, -0.05) is 6.07 Å². The van der Waals surface area contributed by atoms with Crippen LogP contribution in [0.1, 0.15) is 89.8 Å². The number of hydrogen-bond donors (Lipinski definition) is 2. The lowest BCUT2D eigenvalue weighted by atomic mass is 9.76. The van der Waals surface area contributed by atoms with Crippen molar-refractivity contribution in [1.29, 1.82) is 5.26 Å². The Hall–Kier alpha value is -4.21. The van der Waals surface area contributed by atoms with Crippen LogP contribution in [0, 0.1) is 11.3 Å². The summed E-state index contributed by atoms with van der Waals surface area (Å²) in [5.41, 5.74) is -2.90. The van der Waals surface area contributed by atoms with Crippen LogP contribution in [-0.2, 0) is 35.5 Å². The second kappa shape index (κ2) is 17.6. The highest BCUT2D eigenvalue weighted by atomic mass is 35.5. The molecule has 2 aromatic rings. The van der Waals surface area contributed by atoms with E-state index in [0.29, 0.717) is 37.3 Å². The van der Waals surface area contributed by atoms with E-state index in [4.69, 9.17) is 17.0 Å². The van der Waals surface area contributed by atoms with Gasteiger partial charge in [-0.2, -0.15) is 18.4 Å². The lowest BCUT2D eigenvalue weighted by Crippen LogP contribution is -2.58. The molecule has 3 atom stereocenters. The molecule has 13 nitrogen and oxygen atoms in total. The average Bonchev–Trinajstić information content (AvgIpc) is 3.33. The normalized spacial score (nSPS) is 26.9. The first-order valence-electron chi connectivity index (χ1n) is 19.3. The summed E-state index contributed by atoms with van der Waals surface area (Å²) in [5.74, 6) is -0.853.